The van der Waals surface area contributed by atoms with Crippen molar-refractivity contribution in [3.05, 3.63) is 30.3 Å². The maximum atomic E-state index is 11.8. The highest BCUT2D eigenvalue weighted by Gasteiger charge is 2.34. The zero-order chi connectivity index (χ0) is 15.8. The second-order valence-electron chi connectivity index (χ2n) is 5.25. The molecule has 0 spiro atoms. The van der Waals surface area contributed by atoms with E-state index < -0.39 is 11.8 Å². The Morgan fingerprint density at radius 1 is 1.14 bits per heavy atom. The van der Waals surface area contributed by atoms with Gasteiger partial charge in [0.05, 0.1) is 0 Å². The third kappa shape index (κ3) is 4.74. The monoisotopic (exact) mass is 322 g/mol. The molecule has 2 rings (SSSR count). The van der Waals surface area contributed by atoms with Gasteiger partial charge in [-0.1, -0.05) is 18.2 Å². The number of carbonyl (C=O) groups excluding carboxylic acids is 2. The lowest BCUT2D eigenvalue weighted by atomic mass is 9.99. The van der Waals surface area contributed by atoms with Crippen LogP contribution in [0.25, 0.3) is 0 Å². The van der Waals surface area contributed by atoms with Crippen LogP contribution in [0.2, 0.25) is 0 Å². The van der Waals surface area contributed by atoms with E-state index in [2.05, 4.69) is 22.8 Å². The highest BCUT2D eigenvalue weighted by molar-refractivity contribution is 8.00. The lowest BCUT2D eigenvalue weighted by Gasteiger charge is -2.36. The van der Waals surface area contributed by atoms with Gasteiger partial charge in [0, 0.05) is 35.9 Å². The quantitative estimate of drug-likeness (QED) is 0.808. The van der Waals surface area contributed by atoms with Gasteiger partial charge in [0.25, 0.3) is 0 Å². The predicted octanol–water partition coefficient (Wildman–Crippen LogP) is 1.58. The molecule has 2 N–H and O–H groups in total. The minimum atomic E-state index is -0.575. The summed E-state index contributed by atoms with van der Waals surface area (Å²) in [5, 5.41) is 5.28. The molecule has 1 aromatic rings. The number of rotatable bonds is 5. The summed E-state index contributed by atoms with van der Waals surface area (Å²) in [6.07, 6.45) is 1.70. The van der Waals surface area contributed by atoms with E-state index in [1.807, 2.05) is 18.2 Å². The SMILES string of the molecule is CCNC(=O)C(=O)NCC1(Sc2ccccc2)CCOCC1. The second kappa shape index (κ2) is 8.19. The number of amides is 2. The van der Waals surface area contributed by atoms with Gasteiger partial charge >= 0.3 is 11.8 Å². The van der Waals surface area contributed by atoms with Gasteiger partial charge in [-0.05, 0) is 31.9 Å². The summed E-state index contributed by atoms with van der Waals surface area (Å²) in [6, 6.07) is 10.1. The van der Waals surface area contributed by atoms with Gasteiger partial charge in [-0.15, -0.1) is 11.8 Å². The number of likely N-dealkylation sites (N-methyl/N-ethyl adjacent to an activating group) is 1. The van der Waals surface area contributed by atoms with Crippen molar-refractivity contribution in [1.82, 2.24) is 10.6 Å². The zero-order valence-corrected chi connectivity index (χ0v) is 13.6. The Morgan fingerprint density at radius 2 is 1.77 bits per heavy atom. The molecule has 0 saturated carbocycles. The lowest BCUT2D eigenvalue weighted by Crippen LogP contribution is -2.48. The van der Waals surface area contributed by atoms with Crippen molar-refractivity contribution in [2.24, 2.45) is 0 Å². The minimum Gasteiger partial charge on any atom is -0.381 e. The third-order valence-electron chi connectivity index (χ3n) is 3.60. The van der Waals surface area contributed by atoms with E-state index in [0.29, 0.717) is 26.3 Å². The Balaban J connectivity index is 2.00. The highest BCUT2D eigenvalue weighted by atomic mass is 32.2. The van der Waals surface area contributed by atoms with E-state index >= 15 is 0 Å². The van der Waals surface area contributed by atoms with Crippen molar-refractivity contribution in [3.8, 4) is 0 Å². The molecule has 0 radical (unpaired) electrons. The molecule has 1 aliphatic heterocycles. The van der Waals surface area contributed by atoms with Crippen LogP contribution in [0.15, 0.2) is 35.2 Å². The minimum absolute atomic E-state index is 0.123. The highest BCUT2D eigenvalue weighted by Crippen LogP contribution is 2.39. The van der Waals surface area contributed by atoms with Gasteiger partial charge in [-0.25, -0.2) is 0 Å². The summed E-state index contributed by atoms with van der Waals surface area (Å²) in [4.78, 5) is 24.5. The number of hydrogen-bond acceptors (Lipinski definition) is 4. The van der Waals surface area contributed by atoms with Crippen molar-refractivity contribution in [2.45, 2.75) is 29.4 Å². The first kappa shape index (κ1) is 16.8. The maximum absolute atomic E-state index is 11.8. The van der Waals surface area contributed by atoms with E-state index in [1.54, 1.807) is 18.7 Å². The van der Waals surface area contributed by atoms with Crippen molar-refractivity contribution < 1.29 is 14.3 Å². The Morgan fingerprint density at radius 3 is 2.41 bits per heavy atom. The first-order valence-electron chi connectivity index (χ1n) is 7.53. The average Bonchev–Trinajstić information content (AvgIpc) is 2.55. The van der Waals surface area contributed by atoms with Crippen LogP contribution in [-0.4, -0.2) is 42.9 Å². The Labute approximate surface area is 135 Å². The van der Waals surface area contributed by atoms with Crippen LogP contribution in [0.5, 0.6) is 0 Å². The first-order chi connectivity index (χ1) is 10.7. The van der Waals surface area contributed by atoms with Gasteiger partial charge in [0.2, 0.25) is 0 Å². The fraction of sp³-hybridized carbons (Fsp3) is 0.500. The molecule has 120 valence electrons. The van der Waals surface area contributed by atoms with E-state index in [0.717, 1.165) is 17.7 Å². The molecule has 0 aliphatic carbocycles. The molecule has 5 nitrogen and oxygen atoms in total. The van der Waals surface area contributed by atoms with Crippen LogP contribution in [0, 0.1) is 0 Å². The summed E-state index contributed by atoms with van der Waals surface area (Å²) in [7, 11) is 0. The number of nitrogens with one attached hydrogen (secondary N) is 2. The normalized spacial score (nSPS) is 16.8. The smallest absolute Gasteiger partial charge is 0.309 e. The van der Waals surface area contributed by atoms with Gasteiger partial charge in [-0.2, -0.15) is 0 Å². The standard InChI is InChI=1S/C16H22N2O3S/c1-2-17-14(19)15(20)18-12-16(8-10-21-11-9-16)22-13-6-4-3-5-7-13/h3-7H,2,8-12H2,1H3,(H,17,19)(H,18,20). The Bertz CT molecular complexity index is 501. The molecule has 0 unspecified atom stereocenters. The summed E-state index contributed by atoms with van der Waals surface area (Å²) in [5.74, 6) is -1.14. The van der Waals surface area contributed by atoms with E-state index in [4.69, 9.17) is 4.74 Å². The molecule has 1 aliphatic rings. The Kier molecular flexibility index (Phi) is 6.27. The van der Waals surface area contributed by atoms with E-state index in [1.165, 1.54) is 0 Å². The van der Waals surface area contributed by atoms with Crippen LogP contribution < -0.4 is 10.6 Å². The van der Waals surface area contributed by atoms with E-state index in [-0.39, 0.29) is 4.75 Å². The van der Waals surface area contributed by atoms with Crippen molar-refractivity contribution >= 4 is 23.6 Å². The van der Waals surface area contributed by atoms with Gasteiger partial charge < -0.3 is 15.4 Å². The summed E-state index contributed by atoms with van der Waals surface area (Å²) >= 11 is 1.75. The first-order valence-corrected chi connectivity index (χ1v) is 8.35. The zero-order valence-electron chi connectivity index (χ0n) is 12.8. The second-order valence-corrected chi connectivity index (χ2v) is 6.79. The molecule has 1 fully saturated rings. The number of hydrogen-bond donors (Lipinski definition) is 2. The van der Waals surface area contributed by atoms with Crippen molar-refractivity contribution in [1.29, 1.82) is 0 Å². The number of benzene rings is 1. The molecule has 22 heavy (non-hydrogen) atoms. The summed E-state index contributed by atoms with van der Waals surface area (Å²) < 4.78 is 5.33. The molecular formula is C16H22N2O3S. The molecule has 0 atom stereocenters. The summed E-state index contributed by atoms with van der Waals surface area (Å²) in [5.41, 5.74) is 0. The number of carbonyl (C=O) groups is 2. The number of ether oxygens (including phenoxy) is 1. The van der Waals surface area contributed by atoms with Crippen LogP contribution in [0.4, 0.5) is 0 Å². The topological polar surface area (TPSA) is 67.4 Å². The largest absolute Gasteiger partial charge is 0.381 e. The van der Waals surface area contributed by atoms with Gasteiger partial charge in [0.15, 0.2) is 0 Å². The molecule has 1 heterocycles. The molecule has 1 saturated heterocycles. The van der Waals surface area contributed by atoms with Gasteiger partial charge in [0.1, 0.15) is 0 Å². The van der Waals surface area contributed by atoms with Crippen molar-refractivity contribution in [2.75, 3.05) is 26.3 Å². The molecular weight excluding hydrogens is 300 g/mol. The fourth-order valence-corrected chi connectivity index (χ4v) is 3.67. The maximum Gasteiger partial charge on any atom is 0.309 e. The van der Waals surface area contributed by atoms with Crippen LogP contribution in [-0.2, 0) is 14.3 Å². The van der Waals surface area contributed by atoms with Gasteiger partial charge in [-0.3, -0.25) is 9.59 Å². The van der Waals surface area contributed by atoms with Crippen LogP contribution >= 0.6 is 11.8 Å². The summed E-state index contributed by atoms with van der Waals surface area (Å²) in [6.45, 7) is 4.06. The Hall–Kier alpha value is -1.53. The lowest BCUT2D eigenvalue weighted by molar-refractivity contribution is -0.139. The van der Waals surface area contributed by atoms with Crippen molar-refractivity contribution in [3.63, 3.8) is 0 Å². The molecule has 2 amide bonds. The number of thioether (sulfide) groups is 1. The fourth-order valence-electron chi connectivity index (χ4n) is 2.36. The third-order valence-corrected chi connectivity index (χ3v) is 5.09. The predicted molar refractivity (Wildman–Crippen MR) is 86.8 cm³/mol. The molecule has 0 bridgehead atoms. The van der Waals surface area contributed by atoms with E-state index in [9.17, 15) is 9.59 Å². The average molecular weight is 322 g/mol. The molecule has 0 aromatic heterocycles. The molecule has 6 heteroatoms. The molecule has 1 aromatic carbocycles. The van der Waals surface area contributed by atoms with Crippen LogP contribution in [0.1, 0.15) is 19.8 Å². The van der Waals surface area contributed by atoms with Crippen LogP contribution in [0.3, 0.4) is 0 Å².